The third-order valence-electron chi connectivity index (χ3n) is 3.45. The van der Waals surface area contributed by atoms with Crippen LogP contribution in [0.15, 0.2) is 12.4 Å². The fourth-order valence-corrected chi connectivity index (χ4v) is 1.60. The first-order valence-electron chi connectivity index (χ1n) is 6.62. The highest BCUT2D eigenvalue weighted by molar-refractivity contribution is 5.11. The minimum atomic E-state index is 0.0900. The highest BCUT2D eigenvalue weighted by Crippen LogP contribution is 2.20. The molecule has 17 heavy (non-hydrogen) atoms. The number of nitrogens with zero attached hydrogens (tertiary/aromatic N) is 2. The zero-order valence-electron chi connectivity index (χ0n) is 12.1. The lowest BCUT2D eigenvalue weighted by molar-refractivity contribution is 0.390. The second-order valence-corrected chi connectivity index (χ2v) is 6.41. The van der Waals surface area contributed by atoms with Gasteiger partial charge in [-0.3, -0.25) is 9.97 Å². The molecule has 0 bridgehead atoms. The zero-order valence-corrected chi connectivity index (χ0v) is 12.1. The van der Waals surface area contributed by atoms with E-state index in [1.54, 1.807) is 0 Å². The summed E-state index contributed by atoms with van der Waals surface area (Å²) < 4.78 is 0. The van der Waals surface area contributed by atoms with Crippen LogP contribution in [-0.4, -0.2) is 9.97 Å². The van der Waals surface area contributed by atoms with Gasteiger partial charge in [-0.15, -0.1) is 0 Å². The number of aryl methyl sites for hydroxylation is 1. The van der Waals surface area contributed by atoms with E-state index in [4.69, 9.17) is 4.98 Å². The Morgan fingerprint density at radius 2 is 1.76 bits per heavy atom. The molecule has 1 atom stereocenters. The quantitative estimate of drug-likeness (QED) is 0.787. The van der Waals surface area contributed by atoms with Gasteiger partial charge in [0, 0.05) is 17.8 Å². The lowest BCUT2D eigenvalue weighted by Crippen LogP contribution is -2.15. The van der Waals surface area contributed by atoms with E-state index in [2.05, 4.69) is 46.5 Å². The minimum Gasteiger partial charge on any atom is -0.261 e. The molecule has 0 aliphatic carbocycles. The van der Waals surface area contributed by atoms with Crippen LogP contribution in [0.3, 0.4) is 0 Å². The molecule has 1 aromatic heterocycles. The van der Waals surface area contributed by atoms with Crippen LogP contribution in [0.2, 0.25) is 0 Å². The lowest BCUT2D eigenvalue weighted by atomic mass is 9.91. The summed E-state index contributed by atoms with van der Waals surface area (Å²) in [6.07, 6.45) is 6.02. The number of hydrogen-bond acceptors (Lipinski definition) is 2. The molecule has 0 spiro atoms. The van der Waals surface area contributed by atoms with E-state index in [1.165, 1.54) is 6.42 Å². The fraction of sp³-hybridized carbons (Fsp3) is 0.733. The lowest BCUT2D eigenvalue weighted by Gasteiger charge is -2.18. The van der Waals surface area contributed by atoms with Crippen molar-refractivity contribution in [3.63, 3.8) is 0 Å². The molecule has 0 radical (unpaired) electrons. The van der Waals surface area contributed by atoms with E-state index in [-0.39, 0.29) is 5.41 Å². The van der Waals surface area contributed by atoms with Crippen LogP contribution in [0, 0.1) is 11.8 Å². The molecule has 0 saturated heterocycles. The number of rotatable bonds is 4. The van der Waals surface area contributed by atoms with E-state index in [9.17, 15) is 0 Å². The van der Waals surface area contributed by atoms with Crippen molar-refractivity contribution in [3.05, 3.63) is 23.8 Å². The van der Waals surface area contributed by atoms with Crippen LogP contribution in [0.5, 0.6) is 0 Å². The molecule has 2 heteroatoms. The second-order valence-electron chi connectivity index (χ2n) is 6.41. The first-order valence-corrected chi connectivity index (χ1v) is 6.62. The van der Waals surface area contributed by atoms with Crippen LogP contribution < -0.4 is 0 Å². The number of hydrogen-bond donors (Lipinski definition) is 0. The molecule has 1 unspecified atom stereocenters. The van der Waals surface area contributed by atoms with Crippen LogP contribution in [0.1, 0.15) is 59.4 Å². The largest absolute Gasteiger partial charge is 0.261 e. The average molecular weight is 234 g/mol. The minimum absolute atomic E-state index is 0.0900. The first-order chi connectivity index (χ1) is 7.80. The molecule has 1 heterocycles. The van der Waals surface area contributed by atoms with Gasteiger partial charge in [-0.05, 0) is 24.7 Å². The van der Waals surface area contributed by atoms with E-state index < -0.39 is 0 Å². The van der Waals surface area contributed by atoms with Gasteiger partial charge in [-0.25, -0.2) is 0 Å². The zero-order chi connectivity index (χ0) is 13.1. The Hall–Kier alpha value is -0.920. The van der Waals surface area contributed by atoms with Crippen molar-refractivity contribution in [1.82, 2.24) is 9.97 Å². The summed E-state index contributed by atoms with van der Waals surface area (Å²) in [6.45, 7) is 13.4. The van der Waals surface area contributed by atoms with Crippen molar-refractivity contribution in [2.75, 3.05) is 0 Å². The standard InChI is InChI=1S/C15H26N2/c1-11(2)12(3)7-8-13-9-16-10-14(17-13)15(4,5)6/h9-12H,7-8H2,1-6H3. The van der Waals surface area contributed by atoms with E-state index >= 15 is 0 Å². The van der Waals surface area contributed by atoms with Gasteiger partial charge in [0.15, 0.2) is 0 Å². The van der Waals surface area contributed by atoms with Crippen molar-refractivity contribution < 1.29 is 0 Å². The molecule has 0 fully saturated rings. The summed E-state index contributed by atoms with van der Waals surface area (Å²) in [5, 5.41) is 0. The monoisotopic (exact) mass is 234 g/mol. The first kappa shape index (κ1) is 14.1. The van der Waals surface area contributed by atoms with E-state index in [1.807, 2.05) is 12.4 Å². The maximum absolute atomic E-state index is 4.71. The van der Waals surface area contributed by atoms with Gasteiger partial charge in [0.25, 0.3) is 0 Å². The second kappa shape index (κ2) is 5.61. The van der Waals surface area contributed by atoms with Crippen LogP contribution in [0.25, 0.3) is 0 Å². The van der Waals surface area contributed by atoms with E-state index in [0.717, 1.165) is 29.6 Å². The Bertz CT molecular complexity index is 350. The summed E-state index contributed by atoms with van der Waals surface area (Å²) in [6, 6.07) is 0. The fourth-order valence-electron chi connectivity index (χ4n) is 1.60. The Balaban J connectivity index is 2.67. The van der Waals surface area contributed by atoms with E-state index in [0.29, 0.717) is 0 Å². The molecule has 1 aromatic rings. The van der Waals surface area contributed by atoms with Crippen molar-refractivity contribution >= 4 is 0 Å². The maximum atomic E-state index is 4.71. The summed E-state index contributed by atoms with van der Waals surface area (Å²) >= 11 is 0. The summed E-state index contributed by atoms with van der Waals surface area (Å²) in [5.41, 5.74) is 2.31. The van der Waals surface area contributed by atoms with Gasteiger partial charge >= 0.3 is 0 Å². The molecule has 0 amide bonds. The Morgan fingerprint density at radius 3 is 2.29 bits per heavy atom. The average Bonchev–Trinajstić information content (AvgIpc) is 2.25. The van der Waals surface area contributed by atoms with Crippen molar-refractivity contribution in [3.8, 4) is 0 Å². The highest BCUT2D eigenvalue weighted by atomic mass is 14.8. The third kappa shape index (κ3) is 4.45. The van der Waals surface area contributed by atoms with Gasteiger partial charge < -0.3 is 0 Å². The van der Waals surface area contributed by atoms with Crippen molar-refractivity contribution in [2.45, 2.75) is 59.8 Å². The molecule has 0 N–H and O–H groups in total. The van der Waals surface area contributed by atoms with Gasteiger partial charge in [0.2, 0.25) is 0 Å². The Kier molecular flexibility index (Phi) is 4.67. The smallest absolute Gasteiger partial charge is 0.0643 e. The predicted octanol–water partition coefficient (Wildman–Crippen LogP) is 4.00. The van der Waals surface area contributed by atoms with Crippen molar-refractivity contribution in [2.24, 2.45) is 11.8 Å². The van der Waals surface area contributed by atoms with Crippen LogP contribution in [-0.2, 0) is 11.8 Å². The van der Waals surface area contributed by atoms with Crippen LogP contribution in [0.4, 0.5) is 0 Å². The number of aromatic nitrogens is 2. The Labute approximate surface area is 106 Å². The Morgan fingerprint density at radius 1 is 1.12 bits per heavy atom. The molecule has 0 aromatic carbocycles. The van der Waals surface area contributed by atoms with Gasteiger partial charge in [0.1, 0.15) is 0 Å². The normalized spacial score (nSPS) is 14.1. The summed E-state index contributed by atoms with van der Waals surface area (Å²) in [5.74, 6) is 1.49. The highest BCUT2D eigenvalue weighted by Gasteiger charge is 2.16. The molecule has 1 rings (SSSR count). The predicted molar refractivity (Wildman–Crippen MR) is 73.1 cm³/mol. The molecular formula is C15H26N2. The summed E-state index contributed by atoms with van der Waals surface area (Å²) in [7, 11) is 0. The van der Waals surface area contributed by atoms with Gasteiger partial charge in [-0.2, -0.15) is 0 Å². The molecule has 2 nitrogen and oxygen atoms in total. The van der Waals surface area contributed by atoms with Gasteiger partial charge in [0.05, 0.1) is 11.4 Å². The summed E-state index contributed by atoms with van der Waals surface area (Å²) in [4.78, 5) is 9.02. The molecule has 96 valence electrons. The maximum Gasteiger partial charge on any atom is 0.0643 e. The van der Waals surface area contributed by atoms with Gasteiger partial charge in [-0.1, -0.05) is 41.5 Å². The molecule has 0 aliphatic rings. The van der Waals surface area contributed by atoms with Crippen molar-refractivity contribution in [1.29, 1.82) is 0 Å². The molecule has 0 saturated carbocycles. The molecular weight excluding hydrogens is 208 g/mol. The topological polar surface area (TPSA) is 25.8 Å². The third-order valence-corrected chi connectivity index (χ3v) is 3.45. The SMILES string of the molecule is CC(C)C(C)CCc1cncc(C(C)(C)C)n1. The van der Waals surface area contributed by atoms with Crippen LogP contribution >= 0.6 is 0 Å². The molecule has 0 aliphatic heterocycles.